The van der Waals surface area contributed by atoms with E-state index in [1.165, 1.54) is 89.9 Å². The number of hydrogen-bond donors (Lipinski definition) is 0. The highest BCUT2D eigenvalue weighted by Gasteiger charge is 2.05. The SMILES string of the molecule is CCCCCCCC/C=C\CCCCCCCCOC[N+](C)(C)C. The van der Waals surface area contributed by atoms with Gasteiger partial charge in [0.1, 0.15) is 0 Å². The molecule has 24 heavy (non-hydrogen) atoms. The van der Waals surface area contributed by atoms with Gasteiger partial charge in [0, 0.05) is 0 Å². The first-order valence-corrected chi connectivity index (χ1v) is 10.6. The van der Waals surface area contributed by atoms with Gasteiger partial charge < -0.3 is 9.22 Å². The summed E-state index contributed by atoms with van der Waals surface area (Å²) < 4.78 is 6.58. The molecule has 144 valence electrons. The van der Waals surface area contributed by atoms with Crippen molar-refractivity contribution in [1.29, 1.82) is 0 Å². The predicted molar refractivity (Wildman–Crippen MR) is 108 cm³/mol. The largest absolute Gasteiger partial charge is 0.332 e. The van der Waals surface area contributed by atoms with E-state index in [-0.39, 0.29) is 0 Å². The topological polar surface area (TPSA) is 9.23 Å². The van der Waals surface area contributed by atoms with Crippen molar-refractivity contribution in [2.75, 3.05) is 34.5 Å². The quantitative estimate of drug-likeness (QED) is 0.117. The zero-order valence-electron chi connectivity index (χ0n) is 17.3. The van der Waals surface area contributed by atoms with E-state index in [0.29, 0.717) is 0 Å². The van der Waals surface area contributed by atoms with Crippen molar-refractivity contribution in [2.24, 2.45) is 0 Å². The molecule has 0 atom stereocenters. The lowest BCUT2D eigenvalue weighted by Crippen LogP contribution is -2.36. The molecule has 0 saturated heterocycles. The summed E-state index contributed by atoms with van der Waals surface area (Å²) in [6.07, 6.45) is 23.9. The van der Waals surface area contributed by atoms with Crippen LogP contribution in [0.1, 0.15) is 96.8 Å². The fraction of sp³-hybridized carbons (Fsp3) is 0.909. The molecule has 0 aromatic rings. The number of quaternary nitrogens is 1. The molecule has 0 aromatic carbocycles. The van der Waals surface area contributed by atoms with Gasteiger partial charge in [0.05, 0.1) is 27.7 Å². The lowest BCUT2D eigenvalue weighted by atomic mass is 10.1. The molecule has 0 aliphatic carbocycles. The number of nitrogens with zero attached hydrogens (tertiary/aromatic N) is 1. The second kappa shape index (κ2) is 17.5. The Morgan fingerprint density at radius 1 is 0.625 bits per heavy atom. The molecule has 2 nitrogen and oxygen atoms in total. The number of unbranched alkanes of at least 4 members (excludes halogenated alkanes) is 12. The van der Waals surface area contributed by atoms with E-state index in [1.807, 2.05) is 0 Å². The normalized spacial score (nSPS) is 12.3. The molecule has 0 heterocycles. The maximum atomic E-state index is 5.68. The highest BCUT2D eigenvalue weighted by atomic mass is 16.5. The molecule has 0 aromatic heterocycles. The van der Waals surface area contributed by atoms with Gasteiger partial charge in [0.2, 0.25) is 0 Å². The molecule has 0 radical (unpaired) electrons. The van der Waals surface area contributed by atoms with E-state index in [4.69, 9.17) is 4.74 Å². The highest BCUT2D eigenvalue weighted by Crippen LogP contribution is 2.10. The number of allylic oxidation sites excluding steroid dienone is 2. The van der Waals surface area contributed by atoms with E-state index < -0.39 is 0 Å². The Hall–Kier alpha value is -0.340. The van der Waals surface area contributed by atoms with E-state index in [9.17, 15) is 0 Å². The third kappa shape index (κ3) is 21.7. The summed E-state index contributed by atoms with van der Waals surface area (Å²) in [5.74, 6) is 0. The summed E-state index contributed by atoms with van der Waals surface area (Å²) in [7, 11) is 6.51. The minimum Gasteiger partial charge on any atom is -0.332 e. The molecule has 0 amide bonds. The minimum absolute atomic E-state index is 0.824. The highest BCUT2D eigenvalue weighted by molar-refractivity contribution is 4.81. The summed E-state index contributed by atoms with van der Waals surface area (Å²) in [6.45, 7) is 4.03. The van der Waals surface area contributed by atoms with Crippen molar-refractivity contribution in [3.8, 4) is 0 Å². The smallest absolute Gasteiger partial charge is 0.182 e. The van der Waals surface area contributed by atoms with Crippen LogP contribution in [0.4, 0.5) is 0 Å². The Morgan fingerprint density at radius 3 is 1.58 bits per heavy atom. The van der Waals surface area contributed by atoms with Gasteiger partial charge in [-0.25, -0.2) is 0 Å². The molecular weight excluding hydrogens is 294 g/mol. The van der Waals surface area contributed by atoms with Gasteiger partial charge in [0.15, 0.2) is 6.73 Å². The van der Waals surface area contributed by atoms with Gasteiger partial charge in [-0.05, 0) is 32.1 Å². The van der Waals surface area contributed by atoms with Crippen LogP contribution < -0.4 is 0 Å². The van der Waals surface area contributed by atoms with E-state index in [2.05, 4.69) is 40.2 Å². The molecule has 0 aliphatic rings. The van der Waals surface area contributed by atoms with Crippen LogP contribution >= 0.6 is 0 Å². The molecule has 0 spiro atoms. The van der Waals surface area contributed by atoms with Gasteiger partial charge in [0.25, 0.3) is 0 Å². The van der Waals surface area contributed by atoms with E-state index in [1.54, 1.807) is 0 Å². The fourth-order valence-electron chi connectivity index (χ4n) is 2.79. The van der Waals surface area contributed by atoms with Crippen LogP contribution in [-0.4, -0.2) is 39.0 Å². The Bertz CT molecular complexity index is 268. The summed E-state index contributed by atoms with van der Waals surface area (Å²) in [6, 6.07) is 0. The van der Waals surface area contributed by atoms with Crippen molar-refractivity contribution >= 4 is 0 Å². The van der Waals surface area contributed by atoms with Crippen LogP contribution in [0, 0.1) is 0 Å². The molecule has 0 unspecified atom stereocenters. The van der Waals surface area contributed by atoms with Crippen molar-refractivity contribution in [3.63, 3.8) is 0 Å². The first-order chi connectivity index (χ1) is 11.6. The van der Waals surface area contributed by atoms with Crippen molar-refractivity contribution in [3.05, 3.63) is 12.2 Å². The zero-order chi connectivity index (χ0) is 17.9. The van der Waals surface area contributed by atoms with Crippen LogP contribution in [-0.2, 0) is 4.74 Å². The molecular formula is C22H46NO+. The van der Waals surface area contributed by atoms with Crippen molar-refractivity contribution in [1.82, 2.24) is 0 Å². The average Bonchev–Trinajstić information content (AvgIpc) is 2.52. The Labute approximate surface area is 153 Å². The molecule has 0 fully saturated rings. The van der Waals surface area contributed by atoms with E-state index in [0.717, 1.165) is 17.8 Å². The average molecular weight is 341 g/mol. The first-order valence-electron chi connectivity index (χ1n) is 10.6. The maximum Gasteiger partial charge on any atom is 0.182 e. The molecule has 0 N–H and O–H groups in total. The first kappa shape index (κ1) is 23.7. The molecule has 0 rings (SSSR count). The predicted octanol–water partition coefficient (Wildman–Crippen LogP) is 6.70. The summed E-state index contributed by atoms with van der Waals surface area (Å²) in [5, 5.41) is 0. The lowest BCUT2D eigenvalue weighted by molar-refractivity contribution is -0.890. The summed E-state index contributed by atoms with van der Waals surface area (Å²) in [4.78, 5) is 0. The molecule has 0 saturated carbocycles. The van der Waals surface area contributed by atoms with Crippen LogP contribution in [0.2, 0.25) is 0 Å². The Morgan fingerprint density at radius 2 is 1.08 bits per heavy atom. The fourth-order valence-corrected chi connectivity index (χ4v) is 2.79. The van der Waals surface area contributed by atoms with Crippen LogP contribution in [0.3, 0.4) is 0 Å². The van der Waals surface area contributed by atoms with Crippen molar-refractivity contribution in [2.45, 2.75) is 96.8 Å². The third-order valence-corrected chi connectivity index (χ3v) is 4.28. The van der Waals surface area contributed by atoms with E-state index >= 15 is 0 Å². The minimum atomic E-state index is 0.824. The Kier molecular flexibility index (Phi) is 17.2. The molecule has 0 aliphatic heterocycles. The number of ether oxygens (including phenoxy) is 1. The van der Waals surface area contributed by atoms with Gasteiger partial charge in [-0.2, -0.15) is 0 Å². The summed E-state index contributed by atoms with van der Waals surface area (Å²) in [5.41, 5.74) is 0. The van der Waals surface area contributed by atoms with Crippen LogP contribution in [0.25, 0.3) is 0 Å². The van der Waals surface area contributed by atoms with Gasteiger partial charge in [-0.15, -0.1) is 0 Å². The van der Waals surface area contributed by atoms with Crippen molar-refractivity contribution < 1.29 is 9.22 Å². The summed E-state index contributed by atoms with van der Waals surface area (Å²) >= 11 is 0. The van der Waals surface area contributed by atoms with Crippen LogP contribution in [0.15, 0.2) is 12.2 Å². The second-order valence-electron chi connectivity index (χ2n) is 8.27. The number of rotatable bonds is 18. The third-order valence-electron chi connectivity index (χ3n) is 4.28. The van der Waals surface area contributed by atoms with Gasteiger partial charge in [-0.1, -0.05) is 76.9 Å². The Balaban J connectivity index is 3.10. The van der Waals surface area contributed by atoms with Gasteiger partial charge >= 0.3 is 0 Å². The standard InChI is InChI=1S/C22H46NO/c1-5-6-7-8-9-10-11-12-13-14-15-16-17-18-19-20-21-24-22-23(2,3)4/h12-13H,5-11,14-22H2,1-4H3/q+1/b13-12-. The van der Waals surface area contributed by atoms with Gasteiger partial charge in [-0.3, -0.25) is 0 Å². The lowest BCUT2D eigenvalue weighted by Gasteiger charge is -2.23. The van der Waals surface area contributed by atoms with Crippen LogP contribution in [0.5, 0.6) is 0 Å². The monoisotopic (exact) mass is 340 g/mol. The molecule has 2 heteroatoms. The molecule has 0 bridgehead atoms. The second-order valence-corrected chi connectivity index (χ2v) is 8.27. The maximum absolute atomic E-state index is 5.68. The zero-order valence-corrected chi connectivity index (χ0v) is 17.3. The number of hydrogen-bond acceptors (Lipinski definition) is 1.